The number of rotatable bonds is 9. The molecule has 184 valence electrons. The van der Waals surface area contributed by atoms with Gasteiger partial charge in [-0.1, -0.05) is 54.6 Å². The number of carbonyl (C=O) groups excluding carboxylic acids is 1. The number of hydrogen-bond donors (Lipinski definition) is 3. The quantitative estimate of drug-likeness (QED) is 0.406. The highest BCUT2D eigenvalue weighted by molar-refractivity contribution is 5.79. The van der Waals surface area contributed by atoms with Crippen LogP contribution >= 0.6 is 0 Å². The van der Waals surface area contributed by atoms with Gasteiger partial charge in [0, 0.05) is 12.5 Å². The molecule has 3 aromatic rings. The second-order valence-corrected chi connectivity index (χ2v) is 8.08. The number of hydrogen-bond acceptors (Lipinski definition) is 5. The molecule has 0 radical (unpaired) electrons. The standard InChI is InChI=1S/C26H24F3NO5/c27-20-10-5-11-22(35-25(28)29)23(20)24(32)21(31)12-13-30-26(33)34-14-19-17-8-3-1-6-15(17)16-7-2-4-9-18(16)19/h1-11,19,21,24-25,31-32H,12-14H2,(H,30,33). The number of halogens is 3. The summed E-state index contributed by atoms with van der Waals surface area (Å²) in [4.78, 5) is 12.2. The fourth-order valence-corrected chi connectivity index (χ4v) is 4.32. The van der Waals surface area contributed by atoms with E-state index in [0.717, 1.165) is 40.5 Å². The van der Waals surface area contributed by atoms with Crippen LogP contribution in [0.15, 0.2) is 66.7 Å². The van der Waals surface area contributed by atoms with E-state index < -0.39 is 42.0 Å². The van der Waals surface area contributed by atoms with E-state index in [1.165, 1.54) is 0 Å². The Kier molecular flexibility index (Phi) is 7.57. The Labute approximate surface area is 199 Å². The lowest BCUT2D eigenvalue weighted by Gasteiger charge is -2.21. The highest BCUT2D eigenvalue weighted by Crippen LogP contribution is 2.44. The number of nitrogens with one attached hydrogen (secondary N) is 1. The molecular formula is C26H24F3NO5. The van der Waals surface area contributed by atoms with Gasteiger partial charge in [-0.3, -0.25) is 0 Å². The summed E-state index contributed by atoms with van der Waals surface area (Å²) < 4.78 is 48.9. The van der Waals surface area contributed by atoms with Crippen molar-refractivity contribution in [2.75, 3.05) is 13.2 Å². The maximum absolute atomic E-state index is 14.1. The molecule has 2 atom stereocenters. The minimum absolute atomic E-state index is 0.103. The van der Waals surface area contributed by atoms with Crippen LogP contribution in [0.25, 0.3) is 11.1 Å². The average molecular weight is 487 g/mol. The largest absolute Gasteiger partial charge is 0.449 e. The van der Waals surface area contributed by atoms with Crippen LogP contribution in [0.2, 0.25) is 0 Å². The Morgan fingerprint density at radius 3 is 2.20 bits per heavy atom. The van der Waals surface area contributed by atoms with Crippen molar-refractivity contribution in [2.45, 2.75) is 31.2 Å². The Hall–Kier alpha value is -3.56. The van der Waals surface area contributed by atoms with Crippen LogP contribution < -0.4 is 10.1 Å². The first-order chi connectivity index (χ1) is 16.9. The number of aliphatic hydroxyl groups excluding tert-OH is 2. The van der Waals surface area contributed by atoms with Crippen molar-refractivity contribution in [1.29, 1.82) is 0 Å². The van der Waals surface area contributed by atoms with Crippen LogP contribution in [0.5, 0.6) is 5.75 Å². The van der Waals surface area contributed by atoms with Crippen molar-refractivity contribution in [2.24, 2.45) is 0 Å². The lowest BCUT2D eigenvalue weighted by atomic mass is 9.98. The van der Waals surface area contributed by atoms with E-state index in [2.05, 4.69) is 10.1 Å². The van der Waals surface area contributed by atoms with Gasteiger partial charge in [0.05, 0.1) is 11.7 Å². The number of aliphatic hydroxyl groups is 2. The molecule has 3 N–H and O–H groups in total. The third-order valence-corrected chi connectivity index (χ3v) is 5.94. The van der Waals surface area contributed by atoms with Gasteiger partial charge in [0.1, 0.15) is 24.3 Å². The zero-order chi connectivity index (χ0) is 24.9. The molecule has 0 aliphatic heterocycles. The van der Waals surface area contributed by atoms with Gasteiger partial charge in [0.15, 0.2) is 0 Å². The van der Waals surface area contributed by atoms with Crippen molar-refractivity contribution >= 4 is 6.09 Å². The summed E-state index contributed by atoms with van der Waals surface area (Å²) in [6.07, 6.45) is -4.30. The SMILES string of the molecule is O=C(NCCC(O)C(O)c1c(F)cccc1OC(F)F)OCC1c2ccccc2-c2ccccc21. The minimum Gasteiger partial charge on any atom is -0.449 e. The van der Waals surface area contributed by atoms with Crippen molar-refractivity contribution in [1.82, 2.24) is 5.32 Å². The smallest absolute Gasteiger partial charge is 0.407 e. The second kappa shape index (κ2) is 10.8. The van der Waals surface area contributed by atoms with Crippen molar-refractivity contribution in [3.05, 3.63) is 89.2 Å². The van der Waals surface area contributed by atoms with Gasteiger partial charge in [-0.15, -0.1) is 0 Å². The lowest BCUT2D eigenvalue weighted by molar-refractivity contribution is -0.0545. The summed E-state index contributed by atoms with van der Waals surface area (Å²) in [5, 5.41) is 23.0. The zero-order valence-electron chi connectivity index (χ0n) is 18.5. The van der Waals surface area contributed by atoms with Gasteiger partial charge in [0.25, 0.3) is 0 Å². The molecule has 9 heteroatoms. The molecule has 2 unspecified atom stereocenters. The highest BCUT2D eigenvalue weighted by atomic mass is 19.3. The molecule has 4 rings (SSSR count). The van der Waals surface area contributed by atoms with Gasteiger partial charge in [0.2, 0.25) is 0 Å². The van der Waals surface area contributed by atoms with Crippen molar-refractivity contribution < 1.29 is 37.7 Å². The summed E-state index contributed by atoms with van der Waals surface area (Å²) in [7, 11) is 0. The fourth-order valence-electron chi connectivity index (χ4n) is 4.32. The van der Waals surface area contributed by atoms with Crippen LogP contribution in [0.4, 0.5) is 18.0 Å². The maximum Gasteiger partial charge on any atom is 0.407 e. The van der Waals surface area contributed by atoms with Gasteiger partial charge < -0.3 is 25.0 Å². The van der Waals surface area contributed by atoms with E-state index in [-0.39, 0.29) is 25.5 Å². The molecule has 6 nitrogen and oxygen atoms in total. The Balaban J connectivity index is 1.31. The monoisotopic (exact) mass is 487 g/mol. The minimum atomic E-state index is -3.23. The number of ether oxygens (including phenoxy) is 2. The second-order valence-electron chi connectivity index (χ2n) is 8.08. The lowest BCUT2D eigenvalue weighted by Crippen LogP contribution is -2.31. The van der Waals surface area contributed by atoms with E-state index in [1.807, 2.05) is 48.5 Å². The molecule has 0 spiro atoms. The first-order valence-corrected chi connectivity index (χ1v) is 11.0. The van der Waals surface area contributed by atoms with Gasteiger partial charge in [-0.25, -0.2) is 9.18 Å². The topological polar surface area (TPSA) is 88.0 Å². The average Bonchev–Trinajstić information content (AvgIpc) is 3.16. The van der Waals surface area contributed by atoms with Crippen molar-refractivity contribution in [3.63, 3.8) is 0 Å². The molecule has 0 heterocycles. The summed E-state index contributed by atoms with van der Waals surface area (Å²) in [6.45, 7) is -3.22. The van der Waals surface area contributed by atoms with Gasteiger partial charge in [-0.2, -0.15) is 8.78 Å². The molecule has 1 amide bonds. The Morgan fingerprint density at radius 1 is 0.943 bits per heavy atom. The molecule has 0 fully saturated rings. The molecular weight excluding hydrogens is 463 g/mol. The number of alkyl halides is 2. The third kappa shape index (κ3) is 5.41. The third-order valence-electron chi connectivity index (χ3n) is 5.94. The van der Waals surface area contributed by atoms with Gasteiger partial charge >= 0.3 is 12.7 Å². The zero-order valence-corrected chi connectivity index (χ0v) is 18.5. The maximum atomic E-state index is 14.1. The fraction of sp³-hybridized carbons (Fsp3) is 0.269. The van der Waals surface area contributed by atoms with E-state index in [1.54, 1.807) is 0 Å². The summed E-state index contributed by atoms with van der Waals surface area (Å²) in [5.41, 5.74) is 3.73. The van der Waals surface area contributed by atoms with Crippen molar-refractivity contribution in [3.8, 4) is 16.9 Å². The van der Waals surface area contributed by atoms with E-state index in [4.69, 9.17) is 4.74 Å². The summed E-state index contributed by atoms with van der Waals surface area (Å²) in [5.74, 6) is -1.69. The normalized spacial score (nSPS) is 14.2. The van der Waals surface area contributed by atoms with Crippen LogP contribution in [0.1, 0.15) is 35.1 Å². The number of benzene rings is 3. The Morgan fingerprint density at radius 2 is 1.57 bits per heavy atom. The molecule has 0 aromatic heterocycles. The molecule has 0 saturated carbocycles. The Bertz CT molecular complexity index is 1140. The summed E-state index contributed by atoms with van der Waals surface area (Å²) >= 11 is 0. The predicted octanol–water partition coefficient (Wildman–Crippen LogP) is 4.75. The number of amides is 1. The predicted molar refractivity (Wildman–Crippen MR) is 122 cm³/mol. The van der Waals surface area contributed by atoms with E-state index >= 15 is 0 Å². The molecule has 3 aromatic carbocycles. The van der Waals surface area contributed by atoms with E-state index in [9.17, 15) is 28.2 Å². The number of carbonyl (C=O) groups is 1. The molecule has 0 bridgehead atoms. The first kappa shape index (κ1) is 24.6. The number of fused-ring (bicyclic) bond motifs is 3. The first-order valence-electron chi connectivity index (χ1n) is 11.0. The number of alkyl carbamates (subject to hydrolysis) is 1. The van der Waals surface area contributed by atoms with Crippen LogP contribution in [0.3, 0.4) is 0 Å². The highest BCUT2D eigenvalue weighted by Gasteiger charge is 2.29. The molecule has 0 saturated heterocycles. The van der Waals surface area contributed by atoms with Crippen LogP contribution in [-0.2, 0) is 4.74 Å². The molecule has 35 heavy (non-hydrogen) atoms. The van der Waals surface area contributed by atoms with Gasteiger partial charge in [-0.05, 0) is 40.8 Å². The van der Waals surface area contributed by atoms with E-state index in [0.29, 0.717) is 0 Å². The van der Waals surface area contributed by atoms with Crippen LogP contribution in [-0.4, -0.2) is 42.2 Å². The molecule has 1 aliphatic rings. The molecule has 1 aliphatic carbocycles. The van der Waals surface area contributed by atoms with Crippen LogP contribution in [0, 0.1) is 5.82 Å². The summed E-state index contributed by atoms with van der Waals surface area (Å²) in [6, 6.07) is 19.0.